The second kappa shape index (κ2) is 6.18. The minimum absolute atomic E-state index is 0.0544. The van der Waals surface area contributed by atoms with Gasteiger partial charge in [0.1, 0.15) is 0 Å². The fraction of sp³-hybridized carbons (Fsp3) is 0.909. The zero-order chi connectivity index (χ0) is 12.1. The summed E-state index contributed by atoms with van der Waals surface area (Å²) < 4.78 is 5.24. The molecule has 0 radical (unpaired) electrons. The largest absolute Gasteiger partial charge is 0.481 e. The van der Waals surface area contributed by atoms with Crippen molar-refractivity contribution in [2.24, 2.45) is 5.92 Å². The van der Waals surface area contributed by atoms with Gasteiger partial charge in [-0.1, -0.05) is 6.92 Å². The van der Waals surface area contributed by atoms with E-state index in [0.717, 1.165) is 6.54 Å². The lowest BCUT2D eigenvalue weighted by molar-refractivity contribution is -0.143. The van der Waals surface area contributed by atoms with Crippen LogP contribution in [0.3, 0.4) is 0 Å². The summed E-state index contributed by atoms with van der Waals surface area (Å²) in [6, 6.07) is -0.0544. The topological polar surface area (TPSA) is 70.0 Å². The Hall–Kier alpha value is -0.650. The van der Waals surface area contributed by atoms with E-state index in [-0.39, 0.29) is 12.1 Å². The maximum atomic E-state index is 11.0. The maximum Gasteiger partial charge on any atom is 0.310 e. The van der Waals surface area contributed by atoms with E-state index in [9.17, 15) is 9.90 Å². The van der Waals surface area contributed by atoms with Gasteiger partial charge in [0.2, 0.25) is 0 Å². The molecule has 0 aliphatic carbocycles. The van der Waals surface area contributed by atoms with Crippen molar-refractivity contribution in [3.63, 3.8) is 0 Å². The van der Waals surface area contributed by atoms with Gasteiger partial charge in [-0.25, -0.2) is 0 Å². The van der Waals surface area contributed by atoms with E-state index in [2.05, 4.69) is 4.90 Å². The molecule has 0 aromatic rings. The molecular formula is C11H21NO4. The number of aliphatic hydroxyl groups excluding tert-OH is 1. The predicted molar refractivity (Wildman–Crippen MR) is 59.3 cm³/mol. The summed E-state index contributed by atoms with van der Waals surface area (Å²) in [6.45, 7) is 6.01. The molecule has 3 atom stereocenters. The molecule has 1 rings (SSSR count). The molecule has 0 amide bonds. The quantitative estimate of drug-likeness (QED) is 0.682. The number of aliphatic hydroxyl groups is 1. The van der Waals surface area contributed by atoms with Gasteiger partial charge in [0.05, 0.1) is 25.2 Å². The average molecular weight is 231 g/mol. The summed E-state index contributed by atoms with van der Waals surface area (Å²) in [5.41, 5.74) is 0. The Morgan fingerprint density at radius 1 is 1.56 bits per heavy atom. The van der Waals surface area contributed by atoms with Crippen molar-refractivity contribution in [1.82, 2.24) is 4.90 Å². The van der Waals surface area contributed by atoms with E-state index < -0.39 is 11.9 Å². The predicted octanol–water partition coefficient (Wildman–Crippen LogP) is 0.179. The normalized spacial score (nSPS) is 27.2. The van der Waals surface area contributed by atoms with Gasteiger partial charge in [-0.05, 0) is 19.9 Å². The molecule has 1 heterocycles. The Morgan fingerprint density at radius 3 is 2.75 bits per heavy atom. The Morgan fingerprint density at radius 2 is 2.25 bits per heavy atom. The van der Waals surface area contributed by atoms with Gasteiger partial charge in [0.15, 0.2) is 0 Å². The zero-order valence-electron chi connectivity index (χ0n) is 9.93. The molecule has 16 heavy (non-hydrogen) atoms. The third-order valence-electron chi connectivity index (χ3n) is 3.08. The van der Waals surface area contributed by atoms with E-state index in [1.807, 2.05) is 6.92 Å². The zero-order valence-corrected chi connectivity index (χ0v) is 9.93. The van der Waals surface area contributed by atoms with Crippen LogP contribution in [0.4, 0.5) is 0 Å². The molecule has 1 aliphatic heterocycles. The number of nitrogens with zero attached hydrogens (tertiary/aromatic N) is 1. The molecule has 0 spiro atoms. The highest BCUT2D eigenvalue weighted by atomic mass is 16.5. The Labute approximate surface area is 96.0 Å². The lowest BCUT2D eigenvalue weighted by Crippen LogP contribution is -2.44. The highest BCUT2D eigenvalue weighted by Gasteiger charge is 2.37. The Kier molecular flexibility index (Phi) is 5.18. The fourth-order valence-corrected chi connectivity index (χ4v) is 2.05. The van der Waals surface area contributed by atoms with Crippen LogP contribution in [0.25, 0.3) is 0 Å². The second-order valence-corrected chi connectivity index (χ2v) is 4.32. The van der Waals surface area contributed by atoms with Crippen LogP contribution in [0.1, 0.15) is 20.3 Å². The van der Waals surface area contributed by atoms with Gasteiger partial charge < -0.3 is 14.9 Å². The molecule has 1 aliphatic rings. The monoisotopic (exact) mass is 231 g/mol. The average Bonchev–Trinajstić information content (AvgIpc) is 2.67. The number of carboxylic acid groups (broad SMARTS) is 1. The van der Waals surface area contributed by atoms with Crippen molar-refractivity contribution < 1.29 is 19.7 Å². The molecule has 1 saturated heterocycles. The van der Waals surface area contributed by atoms with E-state index in [4.69, 9.17) is 9.84 Å². The van der Waals surface area contributed by atoms with Crippen LogP contribution in [-0.4, -0.2) is 59.5 Å². The number of likely N-dealkylation sites (N-methyl/N-ethyl adjacent to an activating group) is 1. The second-order valence-electron chi connectivity index (χ2n) is 4.32. The molecule has 5 nitrogen and oxygen atoms in total. The van der Waals surface area contributed by atoms with Gasteiger partial charge >= 0.3 is 5.97 Å². The third kappa shape index (κ3) is 3.43. The number of aliphatic carboxylic acids is 1. The third-order valence-corrected chi connectivity index (χ3v) is 3.08. The van der Waals surface area contributed by atoms with Crippen molar-refractivity contribution in [2.45, 2.75) is 32.4 Å². The number of carboxylic acids is 1. The molecule has 94 valence electrons. The Balaban J connectivity index is 2.53. The maximum absolute atomic E-state index is 11.0. The van der Waals surface area contributed by atoms with E-state index in [1.165, 1.54) is 0 Å². The molecule has 0 aromatic carbocycles. The smallest absolute Gasteiger partial charge is 0.310 e. The molecule has 2 N–H and O–H groups in total. The highest BCUT2D eigenvalue weighted by Crippen LogP contribution is 2.20. The first-order valence-corrected chi connectivity index (χ1v) is 5.79. The summed E-state index contributed by atoms with van der Waals surface area (Å²) in [5.74, 6) is -1.23. The standard InChI is InChI=1S/C11H21NO4/c1-3-12(5-4-8(2)13)10-7-16-6-9(10)11(14)15/h8-10,13H,3-7H2,1-2H3,(H,14,15). The molecule has 0 saturated carbocycles. The molecule has 0 aromatic heterocycles. The molecule has 5 heteroatoms. The van der Waals surface area contributed by atoms with Gasteiger partial charge in [-0.3, -0.25) is 9.69 Å². The van der Waals surface area contributed by atoms with Crippen LogP contribution < -0.4 is 0 Å². The van der Waals surface area contributed by atoms with Crippen molar-refractivity contribution in [1.29, 1.82) is 0 Å². The highest BCUT2D eigenvalue weighted by molar-refractivity contribution is 5.71. The number of hydrogen-bond donors (Lipinski definition) is 2. The van der Waals surface area contributed by atoms with E-state index in [1.54, 1.807) is 6.92 Å². The summed E-state index contributed by atoms with van der Waals surface area (Å²) in [4.78, 5) is 13.1. The lowest BCUT2D eigenvalue weighted by atomic mass is 10.0. The molecule has 0 bridgehead atoms. The minimum atomic E-state index is -0.794. The Bertz CT molecular complexity index is 232. The summed E-state index contributed by atoms with van der Waals surface area (Å²) in [7, 11) is 0. The number of hydrogen-bond acceptors (Lipinski definition) is 4. The van der Waals surface area contributed by atoms with Crippen molar-refractivity contribution in [3.8, 4) is 0 Å². The van der Waals surface area contributed by atoms with Crippen LogP contribution in [0.2, 0.25) is 0 Å². The van der Waals surface area contributed by atoms with Crippen LogP contribution >= 0.6 is 0 Å². The van der Waals surface area contributed by atoms with Crippen molar-refractivity contribution in [3.05, 3.63) is 0 Å². The first kappa shape index (κ1) is 13.4. The van der Waals surface area contributed by atoms with Crippen LogP contribution in [0.5, 0.6) is 0 Å². The number of rotatable bonds is 6. The minimum Gasteiger partial charge on any atom is -0.481 e. The van der Waals surface area contributed by atoms with E-state index in [0.29, 0.717) is 26.2 Å². The number of ether oxygens (including phenoxy) is 1. The van der Waals surface area contributed by atoms with Gasteiger partial charge in [-0.15, -0.1) is 0 Å². The van der Waals surface area contributed by atoms with Gasteiger partial charge in [0, 0.05) is 12.6 Å². The summed E-state index contributed by atoms with van der Waals surface area (Å²) in [6.07, 6.45) is 0.316. The fourth-order valence-electron chi connectivity index (χ4n) is 2.05. The molecule has 1 fully saturated rings. The van der Waals surface area contributed by atoms with Gasteiger partial charge in [0.25, 0.3) is 0 Å². The SMILES string of the molecule is CCN(CCC(C)O)C1COCC1C(=O)O. The van der Waals surface area contributed by atoms with Crippen LogP contribution in [-0.2, 0) is 9.53 Å². The lowest BCUT2D eigenvalue weighted by Gasteiger charge is -2.29. The van der Waals surface area contributed by atoms with E-state index >= 15 is 0 Å². The number of carbonyl (C=O) groups is 1. The first-order chi connectivity index (χ1) is 7.56. The van der Waals surface area contributed by atoms with Crippen LogP contribution in [0, 0.1) is 5.92 Å². The molecule has 3 unspecified atom stereocenters. The molecular weight excluding hydrogens is 210 g/mol. The van der Waals surface area contributed by atoms with Gasteiger partial charge in [-0.2, -0.15) is 0 Å². The van der Waals surface area contributed by atoms with Crippen molar-refractivity contribution >= 4 is 5.97 Å². The van der Waals surface area contributed by atoms with Crippen LogP contribution in [0.15, 0.2) is 0 Å². The summed E-state index contributed by atoms with van der Waals surface area (Å²) >= 11 is 0. The van der Waals surface area contributed by atoms with Crippen molar-refractivity contribution in [2.75, 3.05) is 26.3 Å². The summed E-state index contributed by atoms with van der Waals surface area (Å²) in [5, 5.41) is 18.3. The first-order valence-electron chi connectivity index (χ1n) is 5.79.